The highest BCUT2D eigenvalue weighted by Crippen LogP contribution is 2.26. The summed E-state index contributed by atoms with van der Waals surface area (Å²) in [5, 5.41) is 0. The van der Waals surface area contributed by atoms with Gasteiger partial charge in [-0.3, -0.25) is 4.79 Å². The Hall–Kier alpha value is -1.16. The number of epoxide rings is 1. The molecule has 0 aromatic heterocycles. The molecule has 1 rings (SSSR count). The highest BCUT2D eigenvalue weighted by Gasteiger charge is 2.44. The van der Waals surface area contributed by atoms with Crippen molar-refractivity contribution in [2.24, 2.45) is 5.41 Å². The number of ether oxygens (including phenoxy) is 2. The fraction of sp³-hybridized carbons (Fsp3) is 0.636. The highest BCUT2D eigenvalue weighted by molar-refractivity contribution is 5.92. The van der Waals surface area contributed by atoms with E-state index in [0.717, 1.165) is 6.08 Å². The quantitative estimate of drug-likeness (QED) is 0.398. The number of ketones is 1. The van der Waals surface area contributed by atoms with Crippen molar-refractivity contribution < 1.29 is 19.1 Å². The zero-order valence-corrected chi connectivity index (χ0v) is 9.28. The van der Waals surface area contributed by atoms with E-state index in [1.54, 1.807) is 20.8 Å². The summed E-state index contributed by atoms with van der Waals surface area (Å²) in [5.74, 6) is -0.715. The van der Waals surface area contributed by atoms with Gasteiger partial charge in [0.05, 0.1) is 6.61 Å². The minimum absolute atomic E-state index is 0.125. The highest BCUT2D eigenvalue weighted by atomic mass is 16.6. The predicted octanol–water partition coefficient (Wildman–Crippen LogP) is 1.10. The Bertz CT molecular complexity index is 283. The summed E-state index contributed by atoms with van der Waals surface area (Å²) in [6, 6.07) is 0. The first-order chi connectivity index (χ1) is 6.86. The van der Waals surface area contributed by atoms with Gasteiger partial charge in [-0.05, 0) is 0 Å². The van der Waals surface area contributed by atoms with Gasteiger partial charge in [0.25, 0.3) is 0 Å². The summed E-state index contributed by atoms with van der Waals surface area (Å²) in [6.07, 6.45) is -0.0261. The molecule has 0 saturated carbocycles. The minimum atomic E-state index is -0.796. The van der Waals surface area contributed by atoms with Gasteiger partial charge in [0, 0.05) is 11.5 Å². The van der Waals surface area contributed by atoms with Gasteiger partial charge in [-0.1, -0.05) is 27.4 Å². The molecule has 0 amide bonds. The molecule has 2 unspecified atom stereocenters. The molecule has 1 heterocycles. The maximum atomic E-state index is 11.9. The van der Waals surface area contributed by atoms with Crippen molar-refractivity contribution in [3.05, 3.63) is 12.7 Å². The van der Waals surface area contributed by atoms with Crippen LogP contribution in [0.2, 0.25) is 0 Å². The van der Waals surface area contributed by atoms with Crippen LogP contribution >= 0.6 is 0 Å². The third kappa shape index (κ3) is 3.16. The van der Waals surface area contributed by atoms with E-state index >= 15 is 0 Å². The van der Waals surface area contributed by atoms with Gasteiger partial charge in [-0.15, -0.1) is 0 Å². The molecule has 1 aliphatic heterocycles. The summed E-state index contributed by atoms with van der Waals surface area (Å²) < 4.78 is 9.98. The van der Waals surface area contributed by atoms with E-state index in [1.165, 1.54) is 0 Å². The first kappa shape index (κ1) is 11.9. The molecule has 0 aromatic rings. The summed E-state index contributed by atoms with van der Waals surface area (Å²) in [4.78, 5) is 22.9. The Balaban J connectivity index is 2.70. The molecule has 4 nitrogen and oxygen atoms in total. The topological polar surface area (TPSA) is 55.9 Å². The molecule has 1 saturated heterocycles. The zero-order valence-electron chi connectivity index (χ0n) is 9.28. The zero-order chi connectivity index (χ0) is 11.6. The van der Waals surface area contributed by atoms with E-state index in [0.29, 0.717) is 6.61 Å². The molecule has 84 valence electrons. The molecule has 0 N–H and O–H groups in total. The van der Waals surface area contributed by atoms with Crippen molar-refractivity contribution in [3.63, 3.8) is 0 Å². The van der Waals surface area contributed by atoms with E-state index in [9.17, 15) is 9.59 Å². The molecule has 0 bridgehead atoms. The first-order valence-electron chi connectivity index (χ1n) is 4.85. The van der Waals surface area contributed by atoms with Crippen LogP contribution in [0.15, 0.2) is 12.7 Å². The Morgan fingerprint density at radius 3 is 2.40 bits per heavy atom. The maximum absolute atomic E-state index is 11.9. The molecule has 0 spiro atoms. The molecule has 0 aliphatic carbocycles. The molecule has 15 heavy (non-hydrogen) atoms. The second-order valence-electron chi connectivity index (χ2n) is 4.55. The Labute approximate surface area is 89.2 Å². The van der Waals surface area contributed by atoms with Crippen LogP contribution in [0.4, 0.5) is 0 Å². The molecule has 1 aliphatic rings. The van der Waals surface area contributed by atoms with Crippen LogP contribution in [0, 0.1) is 5.41 Å². The molecule has 2 atom stereocenters. The van der Waals surface area contributed by atoms with Crippen molar-refractivity contribution in [1.29, 1.82) is 0 Å². The van der Waals surface area contributed by atoms with E-state index in [-0.39, 0.29) is 11.9 Å². The van der Waals surface area contributed by atoms with Crippen molar-refractivity contribution in [3.8, 4) is 0 Å². The second-order valence-corrected chi connectivity index (χ2v) is 4.55. The third-order valence-electron chi connectivity index (χ3n) is 2.10. The molecular formula is C11H16O4. The van der Waals surface area contributed by atoms with Gasteiger partial charge in [-0.2, -0.15) is 0 Å². The summed E-state index contributed by atoms with van der Waals surface area (Å²) in [5.41, 5.74) is -0.544. The molecule has 0 aromatic carbocycles. The molecule has 1 fully saturated rings. The van der Waals surface area contributed by atoms with Gasteiger partial charge >= 0.3 is 5.97 Å². The van der Waals surface area contributed by atoms with Crippen molar-refractivity contribution in [2.45, 2.75) is 33.0 Å². The van der Waals surface area contributed by atoms with Gasteiger partial charge in [-0.25, -0.2) is 4.79 Å². The predicted molar refractivity (Wildman–Crippen MR) is 54.3 cm³/mol. The number of carbonyl (C=O) groups excluding carboxylic acids is 2. The summed E-state index contributed by atoms with van der Waals surface area (Å²) in [6.45, 7) is 9.11. The molecule has 4 heteroatoms. The van der Waals surface area contributed by atoms with Crippen LogP contribution in [-0.4, -0.2) is 30.6 Å². The fourth-order valence-corrected chi connectivity index (χ4v) is 1.13. The van der Waals surface area contributed by atoms with E-state index in [1.807, 2.05) is 0 Å². The average molecular weight is 212 g/mol. The van der Waals surface area contributed by atoms with Crippen LogP contribution in [0.1, 0.15) is 20.8 Å². The monoisotopic (exact) mass is 212 g/mol. The second kappa shape index (κ2) is 4.14. The van der Waals surface area contributed by atoms with Crippen molar-refractivity contribution >= 4 is 11.8 Å². The van der Waals surface area contributed by atoms with Gasteiger partial charge < -0.3 is 9.47 Å². The first-order valence-corrected chi connectivity index (χ1v) is 4.85. The number of rotatable bonds is 4. The van der Waals surface area contributed by atoms with Gasteiger partial charge in [0.15, 0.2) is 11.9 Å². The van der Waals surface area contributed by atoms with Crippen LogP contribution in [0.25, 0.3) is 0 Å². The lowest BCUT2D eigenvalue weighted by Gasteiger charge is -2.22. The van der Waals surface area contributed by atoms with E-state index in [4.69, 9.17) is 9.47 Å². The van der Waals surface area contributed by atoms with E-state index in [2.05, 4.69) is 6.58 Å². The maximum Gasteiger partial charge on any atom is 0.330 e. The Morgan fingerprint density at radius 2 is 2.07 bits per heavy atom. The third-order valence-corrected chi connectivity index (χ3v) is 2.10. The van der Waals surface area contributed by atoms with Crippen LogP contribution in [0.3, 0.4) is 0 Å². The minimum Gasteiger partial charge on any atom is -0.448 e. The fourth-order valence-electron chi connectivity index (χ4n) is 1.13. The molecule has 0 radical (unpaired) electrons. The summed E-state index contributed by atoms with van der Waals surface area (Å²) in [7, 11) is 0. The van der Waals surface area contributed by atoms with Crippen molar-refractivity contribution in [1.82, 2.24) is 0 Å². The SMILES string of the molecule is C=CC(=O)OC(C(=O)C(C)(C)C)C1CO1. The standard InChI is InChI=1S/C11H16O4/c1-5-8(12)15-9(7-6-14-7)10(13)11(2,3)4/h5,7,9H,1,6H2,2-4H3. The van der Waals surface area contributed by atoms with Gasteiger partial charge in [0.1, 0.15) is 6.10 Å². The van der Waals surface area contributed by atoms with Crippen molar-refractivity contribution in [2.75, 3.05) is 6.61 Å². The number of hydrogen-bond acceptors (Lipinski definition) is 4. The lowest BCUT2D eigenvalue weighted by Crippen LogP contribution is -2.39. The number of carbonyl (C=O) groups is 2. The normalized spacial score (nSPS) is 21.7. The van der Waals surface area contributed by atoms with Crippen LogP contribution < -0.4 is 0 Å². The largest absolute Gasteiger partial charge is 0.448 e. The Kier molecular flexibility index (Phi) is 3.29. The van der Waals surface area contributed by atoms with E-state index < -0.39 is 17.5 Å². The lowest BCUT2D eigenvalue weighted by molar-refractivity contribution is -0.155. The van der Waals surface area contributed by atoms with Gasteiger partial charge in [0.2, 0.25) is 0 Å². The Morgan fingerprint density at radius 1 is 1.53 bits per heavy atom. The molecular weight excluding hydrogens is 196 g/mol. The number of Topliss-reactive ketones (excluding diaryl/α,β-unsaturated/α-hetero) is 1. The van der Waals surface area contributed by atoms with Crippen LogP contribution in [0.5, 0.6) is 0 Å². The summed E-state index contributed by atoms with van der Waals surface area (Å²) >= 11 is 0. The average Bonchev–Trinajstić information content (AvgIpc) is 2.94. The number of hydrogen-bond donors (Lipinski definition) is 0. The number of esters is 1. The smallest absolute Gasteiger partial charge is 0.330 e. The van der Waals surface area contributed by atoms with Crippen LogP contribution in [-0.2, 0) is 19.1 Å². The lowest BCUT2D eigenvalue weighted by atomic mass is 9.86.